The molecule has 3 rings (SSSR count). The van der Waals surface area contributed by atoms with Crippen LogP contribution in [0.1, 0.15) is 0 Å². The zero-order chi connectivity index (χ0) is 13.8. The third-order valence-corrected chi connectivity index (χ3v) is 8.33. The highest BCUT2D eigenvalue weighted by molar-refractivity contribution is 8.25. The molecular formula is C18H18P2S. The van der Waals surface area contributed by atoms with Gasteiger partial charge in [-0.3, -0.25) is 0 Å². The van der Waals surface area contributed by atoms with E-state index in [1.54, 1.807) is 0 Å². The largest absolute Gasteiger partial charge is 0.153 e. The van der Waals surface area contributed by atoms with Gasteiger partial charge in [-0.25, -0.2) is 0 Å². The van der Waals surface area contributed by atoms with Crippen molar-refractivity contribution in [3.8, 4) is 0 Å². The third kappa shape index (κ3) is 3.16. The van der Waals surface area contributed by atoms with E-state index in [0.717, 1.165) is 0 Å². The summed E-state index contributed by atoms with van der Waals surface area (Å²) in [5.74, 6) is 0. The van der Waals surface area contributed by atoms with Crippen LogP contribution in [0.15, 0.2) is 91.0 Å². The molecule has 106 valence electrons. The molecule has 0 saturated heterocycles. The van der Waals surface area contributed by atoms with Crippen molar-refractivity contribution in [2.75, 3.05) is 0 Å². The molecule has 21 heavy (non-hydrogen) atoms. The predicted molar refractivity (Wildman–Crippen MR) is 104 cm³/mol. The van der Waals surface area contributed by atoms with Gasteiger partial charge >= 0.3 is 0 Å². The summed E-state index contributed by atoms with van der Waals surface area (Å²) in [5, 5.41) is 3.73. The van der Waals surface area contributed by atoms with Gasteiger partial charge in [0, 0.05) is 6.04 Å². The number of hydrogen-bond donors (Lipinski definition) is 0. The van der Waals surface area contributed by atoms with Crippen molar-refractivity contribution in [2.45, 2.75) is 0 Å². The van der Waals surface area contributed by atoms with E-state index < -0.39 is 6.04 Å². The minimum Gasteiger partial charge on any atom is -0.153 e. The fourth-order valence-corrected chi connectivity index (χ4v) is 6.13. The monoisotopic (exact) mass is 328 g/mol. The van der Waals surface area contributed by atoms with E-state index in [4.69, 9.17) is 11.8 Å². The molecule has 0 radical (unpaired) electrons. The maximum Gasteiger partial charge on any atom is 0.0379 e. The summed E-state index contributed by atoms with van der Waals surface area (Å²) in [6, 6.07) is 29.5. The predicted octanol–water partition coefficient (Wildman–Crippen LogP) is 3.50. The molecule has 1 unspecified atom stereocenters. The SMILES string of the molecule is P.S=P(c1ccccc1)(c1ccccc1)c1ccccc1. The van der Waals surface area contributed by atoms with Gasteiger partial charge in [-0.05, 0) is 15.9 Å². The van der Waals surface area contributed by atoms with Crippen LogP contribution in [0.5, 0.6) is 0 Å². The van der Waals surface area contributed by atoms with E-state index in [-0.39, 0.29) is 9.90 Å². The van der Waals surface area contributed by atoms with Crippen molar-refractivity contribution in [3.63, 3.8) is 0 Å². The van der Waals surface area contributed by atoms with Crippen molar-refractivity contribution < 1.29 is 0 Å². The Morgan fingerprint density at radius 1 is 0.476 bits per heavy atom. The molecule has 0 aliphatic heterocycles. The summed E-state index contributed by atoms with van der Waals surface area (Å²) in [6.07, 6.45) is 0. The first kappa shape index (κ1) is 16.1. The second-order valence-electron chi connectivity index (χ2n) is 4.62. The standard InChI is InChI=1S/C18H15PS.H3P/c20-19(16-10-4-1-5-11-16,17-12-6-2-7-13-17)18-14-8-3-9-15-18;/h1-15H;1H3. The molecule has 0 aliphatic carbocycles. The number of rotatable bonds is 3. The molecule has 1 atom stereocenters. The average molecular weight is 328 g/mol. The van der Waals surface area contributed by atoms with Gasteiger partial charge in [-0.1, -0.05) is 103 Å². The third-order valence-electron chi connectivity index (χ3n) is 3.36. The van der Waals surface area contributed by atoms with Crippen molar-refractivity contribution in [3.05, 3.63) is 91.0 Å². The highest BCUT2D eigenvalue weighted by Crippen LogP contribution is 2.42. The van der Waals surface area contributed by atoms with Gasteiger partial charge in [0.1, 0.15) is 0 Å². The highest BCUT2D eigenvalue weighted by Gasteiger charge is 2.23. The summed E-state index contributed by atoms with van der Waals surface area (Å²) in [4.78, 5) is 0. The quantitative estimate of drug-likeness (QED) is 0.663. The van der Waals surface area contributed by atoms with Crippen LogP contribution in [0.25, 0.3) is 0 Å². The average Bonchev–Trinajstić information content (AvgIpc) is 2.56. The molecule has 0 saturated carbocycles. The van der Waals surface area contributed by atoms with Crippen molar-refractivity contribution in [1.82, 2.24) is 0 Å². The van der Waals surface area contributed by atoms with Crippen LogP contribution in [0.3, 0.4) is 0 Å². The lowest BCUT2D eigenvalue weighted by atomic mass is 10.4. The first-order valence-corrected chi connectivity index (χ1v) is 9.39. The van der Waals surface area contributed by atoms with E-state index in [1.165, 1.54) is 15.9 Å². The number of benzene rings is 3. The first-order chi connectivity index (χ1) is 9.82. The smallest absolute Gasteiger partial charge is 0.0379 e. The van der Waals surface area contributed by atoms with Gasteiger partial charge in [-0.2, -0.15) is 9.90 Å². The Morgan fingerprint density at radius 3 is 0.952 bits per heavy atom. The Labute approximate surface area is 134 Å². The summed E-state index contributed by atoms with van der Waals surface area (Å²) in [5.41, 5.74) is 0. The molecule has 0 fully saturated rings. The van der Waals surface area contributed by atoms with Gasteiger partial charge in [0.15, 0.2) is 0 Å². The molecule has 0 amide bonds. The maximum absolute atomic E-state index is 6.21. The molecule has 0 heterocycles. The van der Waals surface area contributed by atoms with Gasteiger partial charge in [0.25, 0.3) is 0 Å². The zero-order valence-electron chi connectivity index (χ0n) is 11.7. The molecular weight excluding hydrogens is 310 g/mol. The Morgan fingerprint density at radius 2 is 0.714 bits per heavy atom. The topological polar surface area (TPSA) is 0 Å². The van der Waals surface area contributed by atoms with E-state index >= 15 is 0 Å². The molecule has 0 aliphatic rings. The van der Waals surface area contributed by atoms with Crippen LogP contribution in [0.2, 0.25) is 0 Å². The summed E-state index contributed by atoms with van der Waals surface area (Å²) < 4.78 is 0. The normalized spacial score (nSPS) is 10.7. The molecule has 0 N–H and O–H groups in total. The highest BCUT2D eigenvalue weighted by atomic mass is 32.4. The zero-order valence-corrected chi connectivity index (χ0v) is 14.8. The van der Waals surface area contributed by atoms with Gasteiger partial charge < -0.3 is 0 Å². The summed E-state index contributed by atoms with van der Waals surface area (Å²) in [6.45, 7) is 0. The van der Waals surface area contributed by atoms with E-state index in [9.17, 15) is 0 Å². The van der Waals surface area contributed by atoms with Crippen LogP contribution in [0.4, 0.5) is 0 Å². The van der Waals surface area contributed by atoms with Crippen molar-refractivity contribution in [2.24, 2.45) is 0 Å². The van der Waals surface area contributed by atoms with Crippen LogP contribution in [-0.4, -0.2) is 0 Å². The lowest BCUT2D eigenvalue weighted by Crippen LogP contribution is -2.24. The second-order valence-corrected chi connectivity index (χ2v) is 9.03. The minimum atomic E-state index is -1.94. The van der Waals surface area contributed by atoms with Crippen LogP contribution in [-0.2, 0) is 11.8 Å². The van der Waals surface area contributed by atoms with Gasteiger partial charge in [-0.15, -0.1) is 0 Å². The minimum absolute atomic E-state index is 0. The molecule has 3 aromatic rings. The van der Waals surface area contributed by atoms with Crippen LogP contribution < -0.4 is 15.9 Å². The summed E-state index contributed by atoms with van der Waals surface area (Å²) >= 11 is 6.21. The maximum atomic E-state index is 6.21. The lowest BCUT2D eigenvalue weighted by Gasteiger charge is -2.23. The fourth-order valence-electron chi connectivity index (χ4n) is 2.36. The van der Waals surface area contributed by atoms with E-state index in [1.807, 2.05) is 18.2 Å². The van der Waals surface area contributed by atoms with E-state index in [2.05, 4.69) is 72.8 Å². The van der Waals surface area contributed by atoms with Gasteiger partial charge in [0.05, 0.1) is 0 Å². The molecule has 0 nitrogen and oxygen atoms in total. The van der Waals surface area contributed by atoms with E-state index in [0.29, 0.717) is 0 Å². The summed E-state index contributed by atoms with van der Waals surface area (Å²) in [7, 11) is 0. The van der Waals surface area contributed by atoms with Crippen LogP contribution in [0, 0.1) is 0 Å². The first-order valence-electron chi connectivity index (χ1n) is 6.59. The van der Waals surface area contributed by atoms with Crippen LogP contribution >= 0.6 is 15.9 Å². The molecule has 0 aromatic heterocycles. The van der Waals surface area contributed by atoms with Crippen molar-refractivity contribution in [1.29, 1.82) is 0 Å². The fraction of sp³-hybridized carbons (Fsp3) is 0. The molecule has 3 heteroatoms. The Kier molecular flexibility index (Phi) is 5.48. The van der Waals surface area contributed by atoms with Crippen molar-refractivity contribution >= 4 is 43.7 Å². The second kappa shape index (κ2) is 7.14. The Bertz CT molecular complexity index is 622. The molecule has 0 spiro atoms. The Balaban J connectivity index is 0.00000161. The molecule has 0 bridgehead atoms. The Hall–Kier alpha value is -1.26. The molecule has 3 aromatic carbocycles. The van der Waals surface area contributed by atoms with Gasteiger partial charge in [0.2, 0.25) is 0 Å². The number of hydrogen-bond acceptors (Lipinski definition) is 1. The lowest BCUT2D eigenvalue weighted by molar-refractivity contribution is 1.73.